The van der Waals surface area contributed by atoms with Gasteiger partial charge in [0.15, 0.2) is 17.3 Å². The van der Waals surface area contributed by atoms with Crippen LogP contribution in [0.25, 0.3) is 0 Å². The molecule has 2 aromatic carbocycles. The van der Waals surface area contributed by atoms with Gasteiger partial charge in [-0.15, -0.1) is 0 Å². The molecule has 3 amide bonds. The van der Waals surface area contributed by atoms with Crippen molar-refractivity contribution < 1.29 is 23.9 Å². The third kappa shape index (κ3) is 3.20. The number of amides is 3. The van der Waals surface area contributed by atoms with E-state index in [1.807, 2.05) is 32.9 Å². The van der Waals surface area contributed by atoms with Crippen LogP contribution in [0.3, 0.4) is 0 Å². The lowest BCUT2D eigenvalue weighted by atomic mass is 9.91. The van der Waals surface area contributed by atoms with E-state index in [1.54, 1.807) is 25.1 Å². The van der Waals surface area contributed by atoms with E-state index in [0.29, 0.717) is 35.8 Å². The summed E-state index contributed by atoms with van der Waals surface area (Å²) < 4.78 is 11.1. The first-order chi connectivity index (χ1) is 14.2. The van der Waals surface area contributed by atoms with Gasteiger partial charge in [0.05, 0.1) is 6.54 Å². The summed E-state index contributed by atoms with van der Waals surface area (Å²) >= 11 is 0. The summed E-state index contributed by atoms with van der Waals surface area (Å²) in [5.41, 5.74) is 2.71. The minimum Gasteiger partial charge on any atom is -0.486 e. The number of benzene rings is 2. The molecule has 0 unspecified atom stereocenters. The van der Waals surface area contributed by atoms with Crippen LogP contribution in [0, 0.1) is 20.8 Å². The molecule has 2 aliphatic rings. The fourth-order valence-electron chi connectivity index (χ4n) is 3.88. The molecule has 2 aliphatic heterocycles. The smallest absolute Gasteiger partial charge is 0.325 e. The molecule has 7 heteroatoms. The fraction of sp³-hybridized carbons (Fsp3) is 0.348. The molecular weight excluding hydrogens is 384 g/mol. The van der Waals surface area contributed by atoms with E-state index in [2.05, 4.69) is 5.32 Å². The predicted octanol–water partition coefficient (Wildman–Crippen LogP) is 3.03. The zero-order valence-electron chi connectivity index (χ0n) is 17.5. The van der Waals surface area contributed by atoms with Gasteiger partial charge < -0.3 is 14.8 Å². The number of carbonyl (C=O) groups is 3. The zero-order chi connectivity index (χ0) is 21.6. The topological polar surface area (TPSA) is 84.9 Å². The summed E-state index contributed by atoms with van der Waals surface area (Å²) in [7, 11) is 0. The molecule has 1 N–H and O–H groups in total. The third-order valence-corrected chi connectivity index (χ3v) is 5.84. The summed E-state index contributed by atoms with van der Waals surface area (Å²) in [6.07, 6.45) is 0. The van der Waals surface area contributed by atoms with Crippen LogP contribution in [0.4, 0.5) is 4.79 Å². The number of urea groups is 1. The van der Waals surface area contributed by atoms with Crippen molar-refractivity contribution in [3.05, 3.63) is 58.1 Å². The Kier molecular flexibility index (Phi) is 4.76. The van der Waals surface area contributed by atoms with Crippen LogP contribution in [-0.4, -0.2) is 42.4 Å². The van der Waals surface area contributed by atoms with Crippen molar-refractivity contribution in [1.82, 2.24) is 10.2 Å². The average Bonchev–Trinajstić information content (AvgIpc) is 2.94. The Balaban J connectivity index is 1.60. The molecule has 0 radical (unpaired) electrons. The Morgan fingerprint density at radius 3 is 2.40 bits per heavy atom. The number of carbonyl (C=O) groups excluding carboxylic acids is 3. The molecule has 1 atom stereocenters. The van der Waals surface area contributed by atoms with Crippen molar-refractivity contribution >= 4 is 17.7 Å². The Bertz CT molecular complexity index is 1080. The molecule has 1 fully saturated rings. The molecule has 2 aromatic rings. The van der Waals surface area contributed by atoms with E-state index in [-0.39, 0.29) is 12.3 Å². The van der Waals surface area contributed by atoms with Gasteiger partial charge in [-0.3, -0.25) is 14.5 Å². The predicted molar refractivity (Wildman–Crippen MR) is 110 cm³/mol. The van der Waals surface area contributed by atoms with E-state index in [0.717, 1.165) is 21.6 Å². The SMILES string of the molecule is Cc1cc(C)c(C(=O)CN2C(=O)N[C@](C)(c3ccc4c(c3)OCCO4)C2=O)cc1C. The van der Waals surface area contributed by atoms with Gasteiger partial charge in [0.25, 0.3) is 5.91 Å². The van der Waals surface area contributed by atoms with Crippen molar-refractivity contribution in [2.45, 2.75) is 33.2 Å². The van der Waals surface area contributed by atoms with Crippen LogP contribution in [0.15, 0.2) is 30.3 Å². The quantitative estimate of drug-likeness (QED) is 0.621. The second-order valence-corrected chi connectivity index (χ2v) is 7.98. The summed E-state index contributed by atoms with van der Waals surface area (Å²) in [4.78, 5) is 39.7. The number of rotatable bonds is 4. The van der Waals surface area contributed by atoms with Gasteiger partial charge in [-0.05, 0) is 68.1 Å². The largest absolute Gasteiger partial charge is 0.486 e. The molecule has 156 valence electrons. The van der Waals surface area contributed by atoms with Crippen LogP contribution < -0.4 is 14.8 Å². The minimum atomic E-state index is -1.29. The number of ketones is 1. The summed E-state index contributed by atoms with van der Waals surface area (Å²) in [6.45, 7) is 7.96. The van der Waals surface area contributed by atoms with Gasteiger partial charge in [0.1, 0.15) is 18.8 Å². The molecule has 30 heavy (non-hydrogen) atoms. The monoisotopic (exact) mass is 408 g/mol. The maximum Gasteiger partial charge on any atom is 0.325 e. The first kappa shape index (κ1) is 19.9. The Labute approximate surface area is 175 Å². The van der Waals surface area contributed by atoms with Crippen molar-refractivity contribution in [1.29, 1.82) is 0 Å². The van der Waals surface area contributed by atoms with E-state index < -0.39 is 17.5 Å². The van der Waals surface area contributed by atoms with Gasteiger partial charge in [0, 0.05) is 5.56 Å². The number of hydrogen-bond donors (Lipinski definition) is 1. The lowest BCUT2D eigenvalue weighted by Gasteiger charge is -2.25. The number of nitrogens with one attached hydrogen (secondary N) is 1. The van der Waals surface area contributed by atoms with Gasteiger partial charge in [-0.25, -0.2) is 4.79 Å². The highest BCUT2D eigenvalue weighted by Gasteiger charge is 2.49. The maximum atomic E-state index is 13.2. The van der Waals surface area contributed by atoms with E-state index >= 15 is 0 Å². The van der Waals surface area contributed by atoms with Crippen LogP contribution in [0.1, 0.15) is 39.5 Å². The van der Waals surface area contributed by atoms with Crippen LogP contribution in [-0.2, 0) is 10.3 Å². The second kappa shape index (κ2) is 7.16. The molecule has 0 aromatic heterocycles. The molecule has 0 bridgehead atoms. The summed E-state index contributed by atoms with van der Waals surface area (Å²) in [5, 5.41) is 2.73. The lowest BCUT2D eigenvalue weighted by Crippen LogP contribution is -2.41. The lowest BCUT2D eigenvalue weighted by molar-refractivity contribution is -0.130. The number of hydrogen-bond acceptors (Lipinski definition) is 5. The molecule has 0 aliphatic carbocycles. The Morgan fingerprint density at radius 1 is 1.00 bits per heavy atom. The van der Waals surface area contributed by atoms with Gasteiger partial charge in [-0.2, -0.15) is 0 Å². The average molecular weight is 408 g/mol. The second-order valence-electron chi connectivity index (χ2n) is 7.98. The van der Waals surface area contributed by atoms with Gasteiger partial charge >= 0.3 is 6.03 Å². The van der Waals surface area contributed by atoms with Crippen molar-refractivity contribution in [2.24, 2.45) is 0 Å². The van der Waals surface area contributed by atoms with E-state index in [9.17, 15) is 14.4 Å². The summed E-state index contributed by atoms with van der Waals surface area (Å²) in [6, 6.07) is 8.31. The fourth-order valence-corrected chi connectivity index (χ4v) is 3.88. The number of nitrogens with zero attached hydrogens (tertiary/aromatic N) is 1. The van der Waals surface area contributed by atoms with Crippen LogP contribution >= 0.6 is 0 Å². The third-order valence-electron chi connectivity index (χ3n) is 5.84. The number of imide groups is 1. The highest BCUT2D eigenvalue weighted by Crippen LogP contribution is 2.37. The number of ether oxygens (including phenoxy) is 2. The zero-order valence-corrected chi connectivity index (χ0v) is 17.5. The molecular formula is C23H24N2O5. The normalized spacial score (nSPS) is 20.3. The van der Waals surface area contributed by atoms with Crippen molar-refractivity contribution in [3.63, 3.8) is 0 Å². The number of Topliss-reactive ketones (excluding diaryl/α,β-unsaturated/α-hetero) is 1. The van der Waals surface area contributed by atoms with Gasteiger partial charge in [-0.1, -0.05) is 12.1 Å². The molecule has 7 nitrogen and oxygen atoms in total. The standard InChI is InChI=1S/C23H24N2O5/c1-13-9-15(3)17(10-14(13)2)18(26)12-25-21(27)23(4,24-22(25)28)16-5-6-19-20(11-16)30-8-7-29-19/h5-6,9-11H,7-8,12H2,1-4H3,(H,24,28)/t23-/m1/s1. The Morgan fingerprint density at radius 2 is 1.67 bits per heavy atom. The summed E-state index contributed by atoms with van der Waals surface area (Å²) in [5.74, 6) is 0.384. The molecule has 1 saturated heterocycles. The van der Waals surface area contributed by atoms with Crippen LogP contribution in [0.2, 0.25) is 0 Å². The number of aryl methyl sites for hydroxylation is 3. The molecule has 0 saturated carbocycles. The Hall–Kier alpha value is -3.35. The highest BCUT2D eigenvalue weighted by atomic mass is 16.6. The van der Waals surface area contributed by atoms with E-state index in [1.165, 1.54) is 0 Å². The highest BCUT2D eigenvalue weighted by molar-refractivity contribution is 6.11. The molecule has 2 heterocycles. The van der Waals surface area contributed by atoms with Crippen LogP contribution in [0.5, 0.6) is 11.5 Å². The van der Waals surface area contributed by atoms with Crippen molar-refractivity contribution in [3.8, 4) is 11.5 Å². The minimum absolute atomic E-state index is 0.273. The first-order valence-electron chi connectivity index (χ1n) is 9.86. The number of fused-ring (bicyclic) bond motifs is 1. The van der Waals surface area contributed by atoms with E-state index in [4.69, 9.17) is 9.47 Å². The maximum absolute atomic E-state index is 13.2. The first-order valence-corrected chi connectivity index (χ1v) is 9.86. The molecule has 0 spiro atoms. The van der Waals surface area contributed by atoms with Crippen molar-refractivity contribution in [2.75, 3.05) is 19.8 Å². The molecule has 4 rings (SSSR count). The van der Waals surface area contributed by atoms with Gasteiger partial charge in [0.2, 0.25) is 0 Å².